The van der Waals surface area contributed by atoms with Gasteiger partial charge in [-0.25, -0.2) is 0 Å². The smallest absolute Gasteiger partial charge is 0.230 e. The lowest BCUT2D eigenvalue weighted by Crippen LogP contribution is -2.39. The van der Waals surface area contributed by atoms with Crippen LogP contribution < -0.4 is 5.32 Å². The standard InChI is InChI=1S/C17H20N2O/c1-13-5-4-6-15(11-13)17(2,3)16(20)19-12-14-7-9-18-10-8-14/h4-11H,12H2,1-3H3,(H,19,20). The average Bonchev–Trinajstić information content (AvgIpc) is 2.45. The van der Waals surface area contributed by atoms with E-state index in [9.17, 15) is 4.79 Å². The Balaban J connectivity index is 2.07. The van der Waals surface area contributed by atoms with Gasteiger partial charge in [0.15, 0.2) is 0 Å². The molecule has 0 bridgehead atoms. The Bertz CT molecular complexity index is 591. The van der Waals surface area contributed by atoms with Gasteiger partial charge in [0.2, 0.25) is 5.91 Å². The van der Waals surface area contributed by atoms with Gasteiger partial charge in [-0.05, 0) is 44.0 Å². The molecule has 3 heteroatoms. The highest BCUT2D eigenvalue weighted by atomic mass is 16.2. The number of carbonyl (C=O) groups excluding carboxylic acids is 1. The fourth-order valence-electron chi connectivity index (χ4n) is 2.07. The monoisotopic (exact) mass is 268 g/mol. The molecule has 3 nitrogen and oxygen atoms in total. The maximum Gasteiger partial charge on any atom is 0.230 e. The SMILES string of the molecule is Cc1cccc(C(C)(C)C(=O)NCc2ccncc2)c1. The van der Waals surface area contributed by atoms with Gasteiger partial charge in [0, 0.05) is 18.9 Å². The number of carbonyl (C=O) groups is 1. The van der Waals surface area contributed by atoms with Gasteiger partial charge in [-0.3, -0.25) is 9.78 Å². The first-order valence-corrected chi connectivity index (χ1v) is 6.74. The van der Waals surface area contributed by atoms with Gasteiger partial charge in [-0.2, -0.15) is 0 Å². The number of aromatic nitrogens is 1. The minimum atomic E-state index is -0.543. The summed E-state index contributed by atoms with van der Waals surface area (Å²) in [6.45, 7) is 6.46. The first-order chi connectivity index (χ1) is 9.50. The highest BCUT2D eigenvalue weighted by Crippen LogP contribution is 2.24. The summed E-state index contributed by atoms with van der Waals surface area (Å²) >= 11 is 0. The van der Waals surface area contributed by atoms with Crippen molar-refractivity contribution in [3.8, 4) is 0 Å². The quantitative estimate of drug-likeness (QED) is 0.926. The summed E-state index contributed by atoms with van der Waals surface area (Å²) in [6.07, 6.45) is 3.46. The first kappa shape index (κ1) is 14.3. The number of hydrogen-bond acceptors (Lipinski definition) is 2. The van der Waals surface area contributed by atoms with Crippen LogP contribution in [-0.2, 0) is 16.8 Å². The number of rotatable bonds is 4. The number of nitrogens with zero attached hydrogens (tertiary/aromatic N) is 1. The molecule has 2 aromatic rings. The Hall–Kier alpha value is -2.16. The Morgan fingerprint density at radius 2 is 1.90 bits per heavy atom. The molecule has 0 atom stereocenters. The summed E-state index contributed by atoms with van der Waals surface area (Å²) in [4.78, 5) is 16.4. The van der Waals surface area contributed by atoms with Crippen molar-refractivity contribution in [1.82, 2.24) is 10.3 Å². The highest BCUT2D eigenvalue weighted by Gasteiger charge is 2.29. The van der Waals surface area contributed by atoms with Crippen LogP contribution in [-0.4, -0.2) is 10.9 Å². The van der Waals surface area contributed by atoms with Gasteiger partial charge in [0.1, 0.15) is 0 Å². The molecule has 1 N–H and O–H groups in total. The zero-order valence-electron chi connectivity index (χ0n) is 12.2. The number of nitrogens with one attached hydrogen (secondary N) is 1. The summed E-state index contributed by atoms with van der Waals surface area (Å²) in [5.74, 6) is 0.0277. The van der Waals surface area contributed by atoms with Gasteiger partial charge in [0.05, 0.1) is 5.41 Å². The van der Waals surface area contributed by atoms with Crippen LogP contribution in [0.15, 0.2) is 48.8 Å². The van der Waals surface area contributed by atoms with E-state index in [4.69, 9.17) is 0 Å². The predicted molar refractivity (Wildman–Crippen MR) is 80.3 cm³/mol. The van der Waals surface area contributed by atoms with Crippen LogP contribution in [0.2, 0.25) is 0 Å². The number of pyridine rings is 1. The molecular weight excluding hydrogens is 248 g/mol. The molecule has 0 radical (unpaired) electrons. The third-order valence-electron chi connectivity index (χ3n) is 3.51. The van der Waals surface area contributed by atoms with Crippen LogP contribution in [0.1, 0.15) is 30.5 Å². The molecule has 1 aromatic carbocycles. The van der Waals surface area contributed by atoms with Gasteiger partial charge >= 0.3 is 0 Å². The molecule has 0 fully saturated rings. The zero-order chi connectivity index (χ0) is 14.6. The molecule has 0 saturated heterocycles. The van der Waals surface area contributed by atoms with E-state index in [0.717, 1.165) is 16.7 Å². The molecular formula is C17H20N2O. The largest absolute Gasteiger partial charge is 0.351 e. The lowest BCUT2D eigenvalue weighted by molar-refractivity contribution is -0.125. The first-order valence-electron chi connectivity index (χ1n) is 6.74. The Kier molecular flexibility index (Phi) is 4.18. The summed E-state index contributed by atoms with van der Waals surface area (Å²) < 4.78 is 0. The second-order valence-electron chi connectivity index (χ2n) is 5.53. The predicted octanol–water partition coefficient (Wildman–Crippen LogP) is 2.98. The van der Waals surface area contributed by atoms with Crippen molar-refractivity contribution in [3.63, 3.8) is 0 Å². The molecule has 0 aliphatic rings. The number of benzene rings is 1. The van der Waals surface area contributed by atoms with E-state index < -0.39 is 5.41 Å². The molecule has 0 spiro atoms. The Morgan fingerprint density at radius 3 is 2.55 bits per heavy atom. The van der Waals surface area contributed by atoms with E-state index in [0.29, 0.717) is 6.54 Å². The molecule has 0 aliphatic heterocycles. The van der Waals surface area contributed by atoms with Crippen LogP contribution in [0.4, 0.5) is 0 Å². The Morgan fingerprint density at radius 1 is 1.20 bits per heavy atom. The topological polar surface area (TPSA) is 42.0 Å². The van der Waals surface area contributed by atoms with Crippen LogP contribution in [0.3, 0.4) is 0 Å². The number of amides is 1. The van der Waals surface area contributed by atoms with Crippen molar-refractivity contribution in [3.05, 3.63) is 65.5 Å². The normalized spacial score (nSPS) is 11.2. The van der Waals surface area contributed by atoms with Crippen molar-refractivity contribution in [2.45, 2.75) is 32.7 Å². The van der Waals surface area contributed by atoms with E-state index in [-0.39, 0.29) is 5.91 Å². The van der Waals surface area contributed by atoms with Crippen LogP contribution in [0.25, 0.3) is 0 Å². The molecule has 0 unspecified atom stereocenters. The fraction of sp³-hybridized carbons (Fsp3) is 0.294. The van der Waals surface area contributed by atoms with Crippen molar-refractivity contribution in [1.29, 1.82) is 0 Å². The molecule has 1 amide bonds. The third kappa shape index (κ3) is 3.23. The minimum absolute atomic E-state index is 0.0277. The van der Waals surface area contributed by atoms with Crippen LogP contribution >= 0.6 is 0 Å². The molecule has 0 saturated carbocycles. The van der Waals surface area contributed by atoms with Gasteiger partial charge in [0.25, 0.3) is 0 Å². The maximum absolute atomic E-state index is 12.4. The second kappa shape index (κ2) is 5.87. The number of aryl methyl sites for hydroxylation is 1. The summed E-state index contributed by atoms with van der Waals surface area (Å²) in [7, 11) is 0. The van der Waals surface area contributed by atoms with Crippen molar-refractivity contribution < 1.29 is 4.79 Å². The third-order valence-corrected chi connectivity index (χ3v) is 3.51. The molecule has 20 heavy (non-hydrogen) atoms. The fourth-order valence-corrected chi connectivity index (χ4v) is 2.07. The van der Waals surface area contributed by atoms with Crippen molar-refractivity contribution >= 4 is 5.91 Å². The molecule has 1 heterocycles. The number of hydrogen-bond donors (Lipinski definition) is 1. The summed E-state index contributed by atoms with van der Waals surface area (Å²) in [6, 6.07) is 11.9. The summed E-state index contributed by atoms with van der Waals surface area (Å²) in [5, 5.41) is 2.99. The van der Waals surface area contributed by atoms with E-state index in [2.05, 4.69) is 16.4 Å². The van der Waals surface area contributed by atoms with Crippen molar-refractivity contribution in [2.75, 3.05) is 0 Å². The van der Waals surface area contributed by atoms with E-state index in [1.54, 1.807) is 12.4 Å². The van der Waals surface area contributed by atoms with E-state index in [1.165, 1.54) is 0 Å². The zero-order valence-corrected chi connectivity index (χ0v) is 12.2. The minimum Gasteiger partial charge on any atom is -0.351 e. The molecule has 2 rings (SSSR count). The molecule has 104 valence electrons. The van der Waals surface area contributed by atoms with Gasteiger partial charge < -0.3 is 5.32 Å². The summed E-state index contributed by atoms with van der Waals surface area (Å²) in [5.41, 5.74) is 2.70. The molecule has 1 aromatic heterocycles. The van der Waals surface area contributed by atoms with E-state index in [1.807, 2.05) is 51.1 Å². The van der Waals surface area contributed by atoms with Crippen molar-refractivity contribution in [2.24, 2.45) is 0 Å². The second-order valence-corrected chi connectivity index (χ2v) is 5.53. The van der Waals surface area contributed by atoms with E-state index >= 15 is 0 Å². The lowest BCUT2D eigenvalue weighted by atomic mass is 9.83. The maximum atomic E-state index is 12.4. The van der Waals surface area contributed by atoms with Gasteiger partial charge in [-0.1, -0.05) is 29.8 Å². The van der Waals surface area contributed by atoms with Crippen LogP contribution in [0.5, 0.6) is 0 Å². The molecule has 0 aliphatic carbocycles. The van der Waals surface area contributed by atoms with Crippen LogP contribution in [0, 0.1) is 6.92 Å². The van der Waals surface area contributed by atoms with Gasteiger partial charge in [-0.15, -0.1) is 0 Å². The lowest BCUT2D eigenvalue weighted by Gasteiger charge is -2.24. The highest BCUT2D eigenvalue weighted by molar-refractivity contribution is 5.87. The Labute approximate surface area is 120 Å². The average molecular weight is 268 g/mol.